The Labute approximate surface area is 207 Å². The Hall–Kier alpha value is -3.88. The lowest BCUT2D eigenvalue weighted by Crippen LogP contribution is -2.32. The van der Waals surface area contributed by atoms with Crippen molar-refractivity contribution in [1.82, 2.24) is 4.90 Å². The summed E-state index contributed by atoms with van der Waals surface area (Å²) in [5.74, 6) is -0.437. The highest BCUT2D eigenvalue weighted by Crippen LogP contribution is 2.34. The van der Waals surface area contributed by atoms with Gasteiger partial charge in [-0.2, -0.15) is 0 Å². The first-order chi connectivity index (χ1) is 17.0. The third-order valence-corrected chi connectivity index (χ3v) is 6.15. The lowest BCUT2D eigenvalue weighted by molar-refractivity contribution is -0.122. The number of thioether (sulfide) groups is 1. The summed E-state index contributed by atoms with van der Waals surface area (Å²) in [6.07, 6.45) is 1.83. The highest BCUT2D eigenvalue weighted by atomic mass is 32.2. The fourth-order valence-corrected chi connectivity index (χ4v) is 4.38. The first-order valence-corrected chi connectivity index (χ1v) is 11.7. The van der Waals surface area contributed by atoms with Gasteiger partial charge in [-0.05, 0) is 65.4 Å². The molecule has 1 aliphatic heterocycles. The van der Waals surface area contributed by atoms with Crippen molar-refractivity contribution in [3.8, 4) is 5.75 Å². The van der Waals surface area contributed by atoms with Gasteiger partial charge in [0.15, 0.2) is 5.17 Å². The average molecular weight is 489 g/mol. The molecule has 1 saturated heterocycles. The van der Waals surface area contributed by atoms with Crippen molar-refractivity contribution in [3.05, 3.63) is 100 Å². The van der Waals surface area contributed by atoms with Gasteiger partial charge in [0.25, 0.3) is 5.91 Å². The first kappa shape index (κ1) is 24.3. The summed E-state index contributed by atoms with van der Waals surface area (Å²) in [7, 11) is 1.60. The Morgan fingerprint density at radius 2 is 1.83 bits per heavy atom. The van der Waals surface area contributed by atoms with Crippen LogP contribution in [-0.4, -0.2) is 47.3 Å². The molecule has 0 atom stereocenters. The van der Waals surface area contributed by atoms with Crippen LogP contribution in [0.3, 0.4) is 0 Å². The van der Waals surface area contributed by atoms with Crippen LogP contribution < -0.4 is 4.74 Å². The molecule has 4 rings (SSSR count). The third kappa shape index (κ3) is 6.38. The van der Waals surface area contributed by atoms with Crippen LogP contribution >= 0.6 is 11.8 Å². The van der Waals surface area contributed by atoms with E-state index in [1.807, 2.05) is 66.7 Å². The SMILES string of the molecule is COCCN1C(=O)C(=Cc2ccc(OCc3cccc(C(=O)O)c3)cc2)SC1=Nc1ccccc1. The quantitative estimate of drug-likeness (QED) is 0.416. The molecule has 1 fully saturated rings. The van der Waals surface area contributed by atoms with E-state index in [4.69, 9.17) is 14.6 Å². The summed E-state index contributed by atoms with van der Waals surface area (Å²) >= 11 is 1.34. The molecule has 1 aliphatic rings. The number of hydrogen-bond donors (Lipinski definition) is 1. The van der Waals surface area contributed by atoms with Gasteiger partial charge in [0.1, 0.15) is 12.4 Å². The van der Waals surface area contributed by atoms with Gasteiger partial charge < -0.3 is 14.6 Å². The topological polar surface area (TPSA) is 88.4 Å². The molecule has 8 heteroatoms. The summed E-state index contributed by atoms with van der Waals surface area (Å²) in [6.45, 7) is 1.08. The number of para-hydroxylation sites is 1. The van der Waals surface area contributed by atoms with Crippen LogP contribution in [0, 0.1) is 0 Å². The number of nitrogens with zero attached hydrogens (tertiary/aromatic N) is 2. The summed E-state index contributed by atoms with van der Waals surface area (Å²) in [5, 5.41) is 9.74. The number of ether oxygens (including phenoxy) is 2. The van der Waals surface area contributed by atoms with E-state index < -0.39 is 5.97 Å². The largest absolute Gasteiger partial charge is 0.489 e. The number of rotatable bonds is 9. The van der Waals surface area contributed by atoms with Crippen LogP contribution in [0.1, 0.15) is 21.5 Å². The number of carboxylic acid groups (broad SMARTS) is 1. The maximum absolute atomic E-state index is 13.1. The van der Waals surface area contributed by atoms with E-state index in [0.717, 1.165) is 16.8 Å². The van der Waals surface area contributed by atoms with Gasteiger partial charge in [-0.15, -0.1) is 0 Å². The second-order valence-electron chi connectivity index (χ2n) is 7.65. The van der Waals surface area contributed by atoms with E-state index in [1.165, 1.54) is 11.8 Å². The molecule has 1 N–H and O–H groups in total. The van der Waals surface area contributed by atoms with E-state index in [-0.39, 0.29) is 18.1 Å². The molecule has 0 radical (unpaired) electrons. The molecule has 35 heavy (non-hydrogen) atoms. The van der Waals surface area contributed by atoms with Crippen LogP contribution in [0.4, 0.5) is 5.69 Å². The molecular weight excluding hydrogens is 464 g/mol. The number of carboxylic acids is 1. The molecule has 7 nitrogen and oxygen atoms in total. The number of amides is 1. The Kier molecular flexibility index (Phi) is 7.97. The molecule has 3 aromatic rings. The maximum Gasteiger partial charge on any atom is 0.335 e. The zero-order valence-corrected chi connectivity index (χ0v) is 19.9. The number of methoxy groups -OCH3 is 1. The van der Waals surface area contributed by atoms with Crippen LogP contribution in [0.2, 0.25) is 0 Å². The van der Waals surface area contributed by atoms with Crippen molar-refractivity contribution < 1.29 is 24.2 Å². The molecule has 178 valence electrons. The zero-order valence-electron chi connectivity index (χ0n) is 19.1. The molecule has 0 unspecified atom stereocenters. The molecule has 0 saturated carbocycles. The van der Waals surface area contributed by atoms with Gasteiger partial charge >= 0.3 is 5.97 Å². The van der Waals surface area contributed by atoms with Gasteiger partial charge in [0.05, 0.1) is 29.3 Å². The summed E-state index contributed by atoms with van der Waals surface area (Å²) < 4.78 is 11.0. The first-order valence-electron chi connectivity index (χ1n) is 10.9. The van der Waals surface area contributed by atoms with Gasteiger partial charge in [0.2, 0.25) is 0 Å². The van der Waals surface area contributed by atoms with E-state index in [9.17, 15) is 9.59 Å². The minimum absolute atomic E-state index is 0.111. The van der Waals surface area contributed by atoms with Crippen LogP contribution in [0.25, 0.3) is 6.08 Å². The zero-order chi connectivity index (χ0) is 24.6. The number of carbonyl (C=O) groups is 2. The Morgan fingerprint density at radius 1 is 1.06 bits per heavy atom. The second-order valence-corrected chi connectivity index (χ2v) is 8.66. The predicted molar refractivity (Wildman–Crippen MR) is 137 cm³/mol. The van der Waals surface area contributed by atoms with Crippen molar-refractivity contribution in [2.24, 2.45) is 4.99 Å². The molecule has 3 aromatic carbocycles. The summed E-state index contributed by atoms with van der Waals surface area (Å²) in [4.78, 5) is 31.0. The monoisotopic (exact) mass is 488 g/mol. The molecule has 0 aromatic heterocycles. The van der Waals surface area contributed by atoms with E-state index in [1.54, 1.807) is 30.2 Å². The minimum Gasteiger partial charge on any atom is -0.489 e. The number of amidine groups is 1. The third-order valence-electron chi connectivity index (χ3n) is 5.15. The maximum atomic E-state index is 13.1. The molecule has 1 amide bonds. The highest BCUT2D eigenvalue weighted by Gasteiger charge is 2.33. The van der Waals surface area contributed by atoms with E-state index in [0.29, 0.717) is 29.0 Å². The van der Waals surface area contributed by atoms with E-state index >= 15 is 0 Å². The number of carbonyl (C=O) groups excluding carboxylic acids is 1. The summed E-state index contributed by atoms with van der Waals surface area (Å²) in [6, 6.07) is 23.5. The molecule has 0 bridgehead atoms. The van der Waals surface area contributed by atoms with E-state index in [2.05, 4.69) is 4.99 Å². The molecule has 1 heterocycles. The van der Waals surface area contributed by atoms with Crippen LogP contribution in [0.15, 0.2) is 88.8 Å². The Balaban J connectivity index is 1.46. The Bertz CT molecular complexity index is 1260. The van der Waals surface area contributed by atoms with Gasteiger partial charge in [-0.3, -0.25) is 9.69 Å². The number of aliphatic imine (C=N–C) groups is 1. The van der Waals surface area contributed by atoms with Gasteiger partial charge in [-0.1, -0.05) is 42.5 Å². The van der Waals surface area contributed by atoms with Crippen molar-refractivity contribution in [2.45, 2.75) is 6.61 Å². The number of hydrogen-bond acceptors (Lipinski definition) is 6. The fourth-order valence-electron chi connectivity index (χ4n) is 3.36. The van der Waals surface area contributed by atoms with Crippen molar-refractivity contribution in [3.63, 3.8) is 0 Å². The van der Waals surface area contributed by atoms with Crippen molar-refractivity contribution in [2.75, 3.05) is 20.3 Å². The number of aromatic carboxylic acids is 1. The smallest absolute Gasteiger partial charge is 0.335 e. The van der Waals surface area contributed by atoms with Crippen LogP contribution in [0.5, 0.6) is 5.75 Å². The van der Waals surface area contributed by atoms with Crippen molar-refractivity contribution >= 4 is 40.6 Å². The Morgan fingerprint density at radius 3 is 2.54 bits per heavy atom. The van der Waals surface area contributed by atoms with Gasteiger partial charge in [0, 0.05) is 7.11 Å². The predicted octanol–water partition coefficient (Wildman–Crippen LogP) is 5.21. The molecular formula is C27H24N2O5S. The lowest BCUT2D eigenvalue weighted by atomic mass is 10.1. The van der Waals surface area contributed by atoms with Crippen molar-refractivity contribution in [1.29, 1.82) is 0 Å². The summed E-state index contributed by atoms with van der Waals surface area (Å²) in [5.41, 5.74) is 2.63. The molecule has 0 spiro atoms. The highest BCUT2D eigenvalue weighted by molar-refractivity contribution is 8.18. The van der Waals surface area contributed by atoms with Crippen LogP contribution in [-0.2, 0) is 16.1 Å². The lowest BCUT2D eigenvalue weighted by Gasteiger charge is -2.14. The average Bonchev–Trinajstić information content (AvgIpc) is 3.16. The second kappa shape index (κ2) is 11.5. The van der Waals surface area contributed by atoms with Gasteiger partial charge in [-0.25, -0.2) is 9.79 Å². The number of benzene rings is 3. The minimum atomic E-state index is -0.971. The molecule has 0 aliphatic carbocycles. The fraction of sp³-hybridized carbons (Fsp3) is 0.148. The standard InChI is InChI=1S/C27H24N2O5S/c1-33-15-14-29-25(30)24(35-27(29)28-22-8-3-2-4-9-22)17-19-10-12-23(13-11-19)34-18-20-6-5-7-21(16-20)26(31)32/h2-13,16-17H,14-15,18H2,1H3,(H,31,32). The normalized spacial score (nSPS) is 15.7.